The molecule has 32 heavy (non-hydrogen) atoms. The Bertz CT molecular complexity index is 1240. The first-order chi connectivity index (χ1) is 15.4. The van der Waals surface area contributed by atoms with Gasteiger partial charge in [-0.2, -0.15) is 5.10 Å². The number of amides is 1. The molecule has 0 spiro atoms. The summed E-state index contributed by atoms with van der Waals surface area (Å²) in [6.45, 7) is 5.57. The Labute approximate surface area is 188 Å². The fourth-order valence-corrected chi connectivity index (χ4v) is 3.80. The molecule has 0 bridgehead atoms. The highest BCUT2D eigenvalue weighted by atomic mass is 16.1. The summed E-state index contributed by atoms with van der Waals surface area (Å²) in [6, 6.07) is 14.0. The van der Waals surface area contributed by atoms with E-state index < -0.39 is 0 Å². The van der Waals surface area contributed by atoms with Gasteiger partial charge in [0.1, 0.15) is 5.69 Å². The molecule has 2 aromatic carbocycles. The van der Waals surface area contributed by atoms with Crippen LogP contribution in [0.4, 0.5) is 0 Å². The number of hydrogen-bond acceptors (Lipinski definition) is 5. The molecule has 1 amide bonds. The Morgan fingerprint density at radius 3 is 2.62 bits per heavy atom. The van der Waals surface area contributed by atoms with Gasteiger partial charge >= 0.3 is 0 Å². The van der Waals surface area contributed by atoms with Gasteiger partial charge in [0, 0.05) is 43.0 Å². The average Bonchev–Trinajstić information content (AvgIpc) is 3.15. The zero-order valence-electron chi connectivity index (χ0n) is 19.0. The van der Waals surface area contributed by atoms with Gasteiger partial charge in [0.2, 0.25) is 0 Å². The molecule has 0 aliphatic carbocycles. The van der Waals surface area contributed by atoms with Crippen molar-refractivity contribution in [2.75, 3.05) is 27.2 Å². The number of nitrogens with one attached hydrogen (secondary N) is 1. The first-order valence-electron chi connectivity index (χ1n) is 10.7. The maximum Gasteiger partial charge on any atom is 0.251 e. The van der Waals surface area contributed by atoms with Crippen molar-refractivity contribution in [1.82, 2.24) is 29.8 Å². The van der Waals surface area contributed by atoms with Crippen LogP contribution in [-0.4, -0.2) is 57.6 Å². The fraction of sp³-hybridized carbons (Fsp3) is 0.280. The highest BCUT2D eigenvalue weighted by molar-refractivity contribution is 5.95. The third-order valence-corrected chi connectivity index (χ3v) is 5.18. The summed E-state index contributed by atoms with van der Waals surface area (Å²) in [4.78, 5) is 23.9. The maximum atomic E-state index is 12.6. The van der Waals surface area contributed by atoms with Crippen LogP contribution >= 0.6 is 0 Å². The molecular formula is C25H28N6O. The lowest BCUT2D eigenvalue weighted by Crippen LogP contribution is -2.31. The Balaban J connectivity index is 1.61. The Hall–Kier alpha value is -3.58. The molecule has 0 unspecified atom stereocenters. The number of benzene rings is 2. The van der Waals surface area contributed by atoms with Crippen molar-refractivity contribution in [3.8, 4) is 11.3 Å². The van der Waals surface area contributed by atoms with Crippen LogP contribution in [0.15, 0.2) is 54.9 Å². The number of fused-ring (bicyclic) bond motifs is 1. The van der Waals surface area contributed by atoms with Crippen molar-refractivity contribution in [3.63, 3.8) is 0 Å². The second kappa shape index (κ2) is 9.28. The van der Waals surface area contributed by atoms with E-state index in [1.165, 1.54) is 16.7 Å². The van der Waals surface area contributed by atoms with Crippen LogP contribution in [0.2, 0.25) is 0 Å². The van der Waals surface area contributed by atoms with Crippen LogP contribution < -0.4 is 5.32 Å². The normalized spacial score (nSPS) is 11.3. The highest BCUT2D eigenvalue weighted by Gasteiger charge is 2.14. The van der Waals surface area contributed by atoms with Gasteiger partial charge in [-0.3, -0.25) is 9.78 Å². The number of carbonyl (C=O) groups is 1. The minimum absolute atomic E-state index is 0.0994. The molecule has 0 fully saturated rings. The number of aromatic nitrogens is 4. The zero-order valence-corrected chi connectivity index (χ0v) is 19.0. The SMILES string of the molecule is Cc1cc(C)cc(Cc2nc3c(-c4cccc(C(=O)NCCN(C)C)c4)nccn3n2)c1. The molecule has 7 heteroatoms. The van der Waals surface area contributed by atoms with Crippen molar-refractivity contribution >= 4 is 11.6 Å². The third kappa shape index (κ3) is 5.00. The number of aryl methyl sites for hydroxylation is 2. The van der Waals surface area contributed by atoms with E-state index in [1.54, 1.807) is 16.9 Å². The lowest BCUT2D eigenvalue weighted by atomic mass is 10.0. The van der Waals surface area contributed by atoms with Crippen molar-refractivity contribution in [2.45, 2.75) is 20.3 Å². The van der Waals surface area contributed by atoms with E-state index in [-0.39, 0.29) is 5.91 Å². The standard InChI is InChI=1S/C25H28N6O/c1-17-12-18(2)14-19(13-17)15-22-28-24-23(26-9-11-31(24)29-22)20-6-5-7-21(16-20)25(32)27-8-10-30(3)4/h5-7,9,11-14,16H,8,10,15H2,1-4H3,(H,27,32). The number of carbonyl (C=O) groups excluding carboxylic acids is 1. The zero-order chi connectivity index (χ0) is 22.7. The first-order valence-corrected chi connectivity index (χ1v) is 10.7. The summed E-state index contributed by atoms with van der Waals surface area (Å²) in [6.07, 6.45) is 4.16. The van der Waals surface area contributed by atoms with Gasteiger partial charge in [-0.05, 0) is 45.6 Å². The summed E-state index contributed by atoms with van der Waals surface area (Å²) in [5.41, 5.74) is 6.45. The van der Waals surface area contributed by atoms with Gasteiger partial charge in [0.05, 0.1) is 0 Å². The van der Waals surface area contributed by atoms with E-state index in [2.05, 4.69) is 47.4 Å². The van der Waals surface area contributed by atoms with Crippen LogP contribution in [0.1, 0.15) is 32.9 Å². The van der Waals surface area contributed by atoms with Crippen molar-refractivity contribution < 1.29 is 4.79 Å². The average molecular weight is 429 g/mol. The van der Waals surface area contributed by atoms with Crippen LogP contribution in [0.3, 0.4) is 0 Å². The third-order valence-electron chi connectivity index (χ3n) is 5.18. The maximum absolute atomic E-state index is 12.6. The Morgan fingerprint density at radius 2 is 1.88 bits per heavy atom. The molecule has 164 valence electrons. The Kier molecular flexibility index (Phi) is 6.28. The molecule has 7 nitrogen and oxygen atoms in total. The van der Waals surface area contributed by atoms with Gasteiger partial charge in [-0.15, -0.1) is 0 Å². The molecule has 2 aromatic heterocycles. The highest BCUT2D eigenvalue weighted by Crippen LogP contribution is 2.23. The summed E-state index contributed by atoms with van der Waals surface area (Å²) < 4.78 is 1.75. The van der Waals surface area contributed by atoms with E-state index in [1.807, 2.05) is 43.3 Å². The fourth-order valence-electron chi connectivity index (χ4n) is 3.80. The quantitative estimate of drug-likeness (QED) is 0.489. The molecule has 0 aliphatic heterocycles. The van der Waals surface area contributed by atoms with Crippen molar-refractivity contribution in [2.24, 2.45) is 0 Å². The predicted molar refractivity (Wildman–Crippen MR) is 126 cm³/mol. The minimum Gasteiger partial charge on any atom is -0.351 e. The number of nitrogens with zero attached hydrogens (tertiary/aromatic N) is 5. The molecule has 0 saturated heterocycles. The topological polar surface area (TPSA) is 75.4 Å². The molecule has 0 atom stereocenters. The summed E-state index contributed by atoms with van der Waals surface area (Å²) in [7, 11) is 3.96. The molecule has 4 rings (SSSR count). The van der Waals surface area contributed by atoms with Crippen LogP contribution in [0, 0.1) is 13.8 Å². The smallest absolute Gasteiger partial charge is 0.251 e. The van der Waals surface area contributed by atoms with Crippen molar-refractivity contribution in [3.05, 3.63) is 82.9 Å². The number of rotatable bonds is 7. The van der Waals surface area contributed by atoms with Crippen LogP contribution in [-0.2, 0) is 6.42 Å². The van der Waals surface area contributed by atoms with E-state index in [4.69, 9.17) is 4.98 Å². The summed E-state index contributed by atoms with van der Waals surface area (Å²) in [5, 5.41) is 7.60. The minimum atomic E-state index is -0.0994. The van der Waals surface area contributed by atoms with Gasteiger partial charge < -0.3 is 10.2 Å². The van der Waals surface area contributed by atoms with Gasteiger partial charge in [-0.1, -0.05) is 41.5 Å². The van der Waals surface area contributed by atoms with E-state index in [9.17, 15) is 4.79 Å². The largest absolute Gasteiger partial charge is 0.351 e. The second-order valence-electron chi connectivity index (χ2n) is 8.38. The Morgan fingerprint density at radius 1 is 1.09 bits per heavy atom. The van der Waals surface area contributed by atoms with Crippen molar-refractivity contribution in [1.29, 1.82) is 0 Å². The second-order valence-corrected chi connectivity index (χ2v) is 8.38. The predicted octanol–water partition coefficient (Wildman–Crippen LogP) is 3.29. The molecule has 0 radical (unpaired) electrons. The van der Waals surface area contributed by atoms with Crippen LogP contribution in [0.25, 0.3) is 16.9 Å². The van der Waals surface area contributed by atoms with Gasteiger partial charge in [0.15, 0.2) is 11.5 Å². The van der Waals surface area contributed by atoms with Crippen LogP contribution in [0.5, 0.6) is 0 Å². The molecule has 1 N–H and O–H groups in total. The molecule has 0 saturated carbocycles. The van der Waals surface area contributed by atoms with E-state index >= 15 is 0 Å². The molecule has 2 heterocycles. The van der Waals surface area contributed by atoms with Gasteiger partial charge in [-0.25, -0.2) is 9.50 Å². The lowest BCUT2D eigenvalue weighted by molar-refractivity contribution is 0.0951. The number of hydrogen-bond donors (Lipinski definition) is 1. The summed E-state index contributed by atoms with van der Waals surface area (Å²) in [5.74, 6) is 0.638. The lowest BCUT2D eigenvalue weighted by Gasteiger charge is -2.11. The van der Waals surface area contributed by atoms with Gasteiger partial charge in [0.25, 0.3) is 5.91 Å². The molecule has 4 aromatic rings. The first kappa shape index (κ1) is 21.6. The number of likely N-dealkylation sites (N-methyl/N-ethyl adjacent to an activating group) is 1. The monoisotopic (exact) mass is 428 g/mol. The summed E-state index contributed by atoms with van der Waals surface area (Å²) >= 11 is 0. The van der Waals surface area contributed by atoms with E-state index in [0.717, 1.165) is 17.9 Å². The molecular weight excluding hydrogens is 400 g/mol. The molecule has 0 aliphatic rings. The van der Waals surface area contributed by atoms with E-state index in [0.29, 0.717) is 29.9 Å².